The molecule has 2 aromatic carbocycles. The molecule has 274 valence electrons. The summed E-state index contributed by atoms with van der Waals surface area (Å²) in [6.45, 7) is 12.4. The zero-order valence-corrected chi connectivity index (χ0v) is 31.4. The van der Waals surface area contributed by atoms with Gasteiger partial charge in [0, 0.05) is 30.1 Å². The Hall–Kier alpha value is -3.91. The van der Waals surface area contributed by atoms with E-state index in [0.29, 0.717) is 65.5 Å². The van der Waals surface area contributed by atoms with Crippen molar-refractivity contribution in [2.24, 2.45) is 17.3 Å². The Morgan fingerprint density at radius 2 is 1.71 bits per heavy atom. The summed E-state index contributed by atoms with van der Waals surface area (Å²) in [5, 5.41) is 0.657. The van der Waals surface area contributed by atoms with Crippen LogP contribution in [0.25, 0.3) is 11.0 Å². The molecule has 1 fully saturated rings. The lowest BCUT2D eigenvalue weighted by molar-refractivity contribution is -0.189. The number of benzene rings is 2. The van der Waals surface area contributed by atoms with Crippen LogP contribution in [-0.2, 0) is 43.1 Å². The minimum Gasteiger partial charge on any atom is -0.483 e. The molecule has 3 aromatic rings. The van der Waals surface area contributed by atoms with Crippen molar-refractivity contribution in [3.63, 3.8) is 0 Å². The lowest BCUT2D eigenvalue weighted by atomic mass is 9.76. The SMILES string of the molecule is COCCc1cc2ccc3c(c2oc1=O)[C@H]1OC(=O)C[C@]2(CC[C@@H](CCC(C)C)C2)Cc2ccc(cc2)CCC(=C(C)C)C(=O)O[C@@H]1C(C)(C)O3. The van der Waals surface area contributed by atoms with E-state index in [9.17, 15) is 14.4 Å². The molecule has 4 heterocycles. The highest BCUT2D eigenvalue weighted by atomic mass is 16.6. The van der Waals surface area contributed by atoms with Gasteiger partial charge in [0.1, 0.15) is 16.9 Å². The number of allylic oxidation sites excluding steroid dienone is 1. The van der Waals surface area contributed by atoms with Crippen molar-refractivity contribution >= 4 is 22.9 Å². The highest BCUT2D eigenvalue weighted by Gasteiger charge is 2.51. The molecule has 8 heteroatoms. The molecule has 1 aliphatic carbocycles. The number of ether oxygens (including phenoxy) is 4. The van der Waals surface area contributed by atoms with Gasteiger partial charge in [-0.25, -0.2) is 9.59 Å². The summed E-state index contributed by atoms with van der Waals surface area (Å²) in [5.41, 5.74) is 3.08. The molecule has 0 unspecified atom stereocenters. The first-order chi connectivity index (χ1) is 24.3. The molecule has 3 aliphatic heterocycles. The zero-order chi connectivity index (χ0) is 36.5. The number of aryl methyl sites for hydroxylation is 1. The van der Waals surface area contributed by atoms with E-state index in [2.05, 4.69) is 38.1 Å². The van der Waals surface area contributed by atoms with Crippen molar-refractivity contribution in [1.29, 1.82) is 0 Å². The maximum Gasteiger partial charge on any atom is 0.339 e. The fraction of sp³-hybridized carbons (Fsp3) is 0.558. The van der Waals surface area contributed by atoms with Crippen LogP contribution >= 0.6 is 0 Å². The number of rotatable bonds is 6. The van der Waals surface area contributed by atoms with Gasteiger partial charge >= 0.3 is 17.6 Å². The quantitative estimate of drug-likeness (QED) is 0.143. The third-order valence-corrected chi connectivity index (χ3v) is 11.3. The van der Waals surface area contributed by atoms with Gasteiger partial charge in [0.05, 0.1) is 18.6 Å². The molecule has 4 atom stereocenters. The molecule has 0 saturated heterocycles. The number of hydrogen-bond donors (Lipinski definition) is 0. The lowest BCUT2D eigenvalue weighted by Gasteiger charge is -2.43. The first-order valence-electron chi connectivity index (χ1n) is 18.7. The summed E-state index contributed by atoms with van der Waals surface area (Å²) < 4.78 is 30.7. The van der Waals surface area contributed by atoms with Gasteiger partial charge in [-0.15, -0.1) is 0 Å². The summed E-state index contributed by atoms with van der Waals surface area (Å²) in [7, 11) is 1.59. The fourth-order valence-electron chi connectivity index (χ4n) is 8.44. The van der Waals surface area contributed by atoms with Crippen molar-refractivity contribution in [2.45, 2.75) is 124 Å². The molecule has 0 radical (unpaired) electrons. The van der Waals surface area contributed by atoms with Crippen LogP contribution in [0.2, 0.25) is 0 Å². The summed E-state index contributed by atoms with van der Waals surface area (Å²) >= 11 is 0. The van der Waals surface area contributed by atoms with Crippen LogP contribution in [0.5, 0.6) is 5.75 Å². The predicted octanol–water partition coefficient (Wildman–Crippen LogP) is 8.79. The molecule has 7 rings (SSSR count). The van der Waals surface area contributed by atoms with Crippen molar-refractivity contribution in [3.8, 4) is 5.75 Å². The van der Waals surface area contributed by atoms with Crippen LogP contribution in [-0.4, -0.2) is 37.4 Å². The molecule has 1 saturated carbocycles. The Morgan fingerprint density at radius 1 is 0.961 bits per heavy atom. The minimum atomic E-state index is -1.08. The Balaban J connectivity index is 1.46. The van der Waals surface area contributed by atoms with E-state index in [0.717, 1.165) is 43.2 Å². The van der Waals surface area contributed by atoms with E-state index in [1.165, 1.54) is 12.0 Å². The summed E-state index contributed by atoms with van der Waals surface area (Å²) in [5.74, 6) is 0.760. The Labute approximate surface area is 301 Å². The molecule has 0 amide bonds. The van der Waals surface area contributed by atoms with Crippen LogP contribution < -0.4 is 10.4 Å². The van der Waals surface area contributed by atoms with Gasteiger partial charge in [-0.2, -0.15) is 0 Å². The highest BCUT2D eigenvalue weighted by Crippen LogP contribution is 2.51. The molecular formula is C43H54O8. The number of esters is 2. The first-order valence-corrected chi connectivity index (χ1v) is 18.7. The predicted molar refractivity (Wildman–Crippen MR) is 197 cm³/mol. The van der Waals surface area contributed by atoms with Gasteiger partial charge < -0.3 is 23.4 Å². The second-order valence-electron chi connectivity index (χ2n) is 16.4. The maximum absolute atomic E-state index is 14.5. The smallest absolute Gasteiger partial charge is 0.339 e. The normalized spacial score (nSPS) is 25.0. The summed E-state index contributed by atoms with van der Waals surface area (Å²) in [6, 6.07) is 14.1. The second kappa shape index (κ2) is 15.0. The average molecular weight is 699 g/mol. The number of carbonyl (C=O) groups excluding carboxylic acids is 2. The van der Waals surface area contributed by atoms with Crippen LogP contribution in [0, 0.1) is 17.3 Å². The number of fused-ring (bicyclic) bond motifs is 11. The standard InChI is InChI=1S/C43H54O8/c1-26(2)8-9-30-18-20-43(24-30)23-29-12-10-28(11-13-29)14-16-33(27(3)4)41(46)50-39-38(48-35(44)25-43)36-34(51-42(39,5)6)17-15-31-22-32(19-21-47-7)40(45)49-37(31)36/h10-13,15,17,22,26,30,38-39H,8-9,14,16,18-21,23-25H2,1-7H3/t30-,38-,39+,43-/m1/s1. The number of methoxy groups -OCH3 is 1. The molecule has 1 aromatic heterocycles. The lowest BCUT2D eigenvalue weighted by Crippen LogP contribution is -2.52. The summed E-state index contributed by atoms with van der Waals surface area (Å²) in [4.78, 5) is 41.8. The average Bonchev–Trinajstić information content (AvgIpc) is 3.46. The van der Waals surface area contributed by atoms with Gasteiger partial charge in [-0.05, 0) is 113 Å². The Kier molecular flexibility index (Phi) is 10.8. The van der Waals surface area contributed by atoms with Gasteiger partial charge in [0.15, 0.2) is 12.2 Å². The Morgan fingerprint density at radius 3 is 2.41 bits per heavy atom. The maximum atomic E-state index is 14.5. The third kappa shape index (κ3) is 8.11. The number of hydrogen-bond acceptors (Lipinski definition) is 8. The van der Waals surface area contributed by atoms with E-state index >= 15 is 0 Å². The van der Waals surface area contributed by atoms with Gasteiger partial charge in [-0.1, -0.05) is 56.5 Å². The van der Waals surface area contributed by atoms with E-state index < -0.39 is 29.4 Å². The van der Waals surface area contributed by atoms with Gasteiger partial charge in [-0.3, -0.25) is 4.79 Å². The monoisotopic (exact) mass is 698 g/mol. The van der Waals surface area contributed by atoms with Crippen molar-refractivity contribution in [1.82, 2.24) is 0 Å². The van der Waals surface area contributed by atoms with Crippen molar-refractivity contribution in [2.75, 3.05) is 13.7 Å². The highest BCUT2D eigenvalue weighted by molar-refractivity contribution is 5.90. The number of carbonyl (C=O) groups is 2. The molecule has 2 bridgehead atoms. The largest absolute Gasteiger partial charge is 0.483 e. The second-order valence-corrected chi connectivity index (χ2v) is 16.4. The van der Waals surface area contributed by atoms with Gasteiger partial charge in [0.2, 0.25) is 0 Å². The minimum absolute atomic E-state index is 0.232. The first kappa shape index (κ1) is 36.9. The molecule has 0 N–H and O–H groups in total. The molecule has 51 heavy (non-hydrogen) atoms. The molecule has 8 nitrogen and oxygen atoms in total. The topological polar surface area (TPSA) is 101 Å². The van der Waals surface area contributed by atoms with Crippen molar-refractivity contribution < 1.29 is 33.0 Å². The Bertz CT molecular complexity index is 1840. The van der Waals surface area contributed by atoms with Gasteiger partial charge in [0.25, 0.3) is 0 Å². The molecular weight excluding hydrogens is 644 g/mol. The molecule has 4 aliphatic rings. The van der Waals surface area contributed by atoms with E-state index in [1.807, 2.05) is 39.8 Å². The van der Waals surface area contributed by atoms with Crippen LogP contribution in [0.15, 0.2) is 62.8 Å². The van der Waals surface area contributed by atoms with E-state index in [4.69, 9.17) is 23.4 Å². The summed E-state index contributed by atoms with van der Waals surface area (Å²) in [6.07, 6.45) is 5.79. The molecule has 1 spiro atoms. The zero-order valence-electron chi connectivity index (χ0n) is 31.4. The van der Waals surface area contributed by atoms with Crippen LogP contribution in [0.3, 0.4) is 0 Å². The van der Waals surface area contributed by atoms with Crippen LogP contribution in [0.1, 0.15) is 115 Å². The third-order valence-electron chi connectivity index (χ3n) is 11.3. The van der Waals surface area contributed by atoms with E-state index in [1.54, 1.807) is 13.2 Å². The van der Waals surface area contributed by atoms with E-state index in [-0.39, 0.29) is 23.4 Å². The fourth-order valence-corrected chi connectivity index (χ4v) is 8.44. The van der Waals surface area contributed by atoms with Crippen LogP contribution in [0.4, 0.5) is 0 Å². The van der Waals surface area contributed by atoms with Crippen molar-refractivity contribution in [3.05, 3.63) is 86.3 Å².